The number of carbonyl (C=O) groups excluding carboxylic acids is 1. The molecule has 1 amide bonds. The Morgan fingerprint density at radius 2 is 1.73 bits per heavy atom. The molecular formula is C23H34N2O. The van der Waals surface area contributed by atoms with Crippen molar-refractivity contribution >= 4 is 5.91 Å². The molecule has 3 aliphatic rings. The Morgan fingerprint density at radius 3 is 2.54 bits per heavy atom. The molecule has 1 spiro atoms. The lowest BCUT2D eigenvalue weighted by Crippen LogP contribution is -2.46. The van der Waals surface area contributed by atoms with Gasteiger partial charge in [-0.2, -0.15) is 0 Å². The van der Waals surface area contributed by atoms with E-state index >= 15 is 0 Å². The van der Waals surface area contributed by atoms with Gasteiger partial charge in [0.2, 0.25) is 5.91 Å². The van der Waals surface area contributed by atoms with Gasteiger partial charge in [-0.15, -0.1) is 0 Å². The molecular weight excluding hydrogens is 320 g/mol. The van der Waals surface area contributed by atoms with E-state index in [0.29, 0.717) is 5.91 Å². The molecule has 1 aromatic rings. The number of hydrogen-bond donors (Lipinski definition) is 0. The lowest BCUT2D eigenvalue weighted by atomic mass is 9.87. The molecule has 1 saturated carbocycles. The summed E-state index contributed by atoms with van der Waals surface area (Å²) >= 11 is 0. The molecule has 3 fully saturated rings. The van der Waals surface area contributed by atoms with E-state index in [2.05, 4.69) is 40.1 Å². The van der Waals surface area contributed by atoms with Crippen LogP contribution in [0.2, 0.25) is 0 Å². The summed E-state index contributed by atoms with van der Waals surface area (Å²) in [5.74, 6) is 1.29. The third-order valence-corrected chi connectivity index (χ3v) is 7.11. The summed E-state index contributed by atoms with van der Waals surface area (Å²) in [5, 5.41) is 0. The number of hydrogen-bond acceptors (Lipinski definition) is 2. The smallest absolute Gasteiger partial charge is 0.223 e. The summed E-state index contributed by atoms with van der Waals surface area (Å²) in [7, 11) is 0. The zero-order valence-corrected chi connectivity index (χ0v) is 16.2. The summed E-state index contributed by atoms with van der Waals surface area (Å²) in [4.78, 5) is 17.6. The molecule has 142 valence electrons. The number of carbonyl (C=O) groups is 1. The van der Waals surface area contributed by atoms with Gasteiger partial charge in [-0.3, -0.25) is 4.79 Å². The van der Waals surface area contributed by atoms with Crippen LogP contribution in [0.15, 0.2) is 30.3 Å². The Labute approximate surface area is 158 Å². The molecule has 2 heterocycles. The highest BCUT2D eigenvalue weighted by Crippen LogP contribution is 2.40. The zero-order chi connectivity index (χ0) is 17.8. The fourth-order valence-electron chi connectivity index (χ4n) is 5.57. The molecule has 3 heteroatoms. The van der Waals surface area contributed by atoms with Crippen LogP contribution in [0, 0.1) is 5.92 Å². The van der Waals surface area contributed by atoms with E-state index < -0.39 is 0 Å². The molecule has 3 nitrogen and oxygen atoms in total. The monoisotopic (exact) mass is 354 g/mol. The minimum absolute atomic E-state index is 0.119. The minimum Gasteiger partial charge on any atom is -0.333 e. The molecule has 0 radical (unpaired) electrons. The predicted octanol–water partition coefficient (Wildman–Crippen LogP) is 4.61. The lowest BCUT2D eigenvalue weighted by molar-refractivity contribution is -0.132. The second-order valence-corrected chi connectivity index (χ2v) is 8.85. The molecule has 0 bridgehead atoms. The first-order valence-corrected chi connectivity index (χ1v) is 10.8. The van der Waals surface area contributed by atoms with Crippen molar-refractivity contribution in [1.82, 2.24) is 9.80 Å². The van der Waals surface area contributed by atoms with Crippen molar-refractivity contribution < 1.29 is 4.79 Å². The Hall–Kier alpha value is -1.35. The topological polar surface area (TPSA) is 23.6 Å². The number of nitrogens with zero attached hydrogens (tertiary/aromatic N) is 2. The van der Waals surface area contributed by atoms with Gasteiger partial charge in [-0.25, -0.2) is 0 Å². The maximum Gasteiger partial charge on any atom is 0.223 e. The molecule has 0 aromatic heterocycles. The van der Waals surface area contributed by atoms with Crippen molar-refractivity contribution in [3.8, 4) is 0 Å². The largest absolute Gasteiger partial charge is 0.333 e. The summed E-state index contributed by atoms with van der Waals surface area (Å²) in [6, 6.07) is 10.5. The first-order valence-electron chi connectivity index (χ1n) is 10.8. The number of rotatable bonds is 4. The number of amides is 1. The van der Waals surface area contributed by atoms with E-state index in [-0.39, 0.29) is 5.54 Å². The van der Waals surface area contributed by atoms with Gasteiger partial charge in [-0.1, -0.05) is 49.6 Å². The van der Waals surface area contributed by atoms with Crippen LogP contribution in [0.4, 0.5) is 0 Å². The Balaban J connectivity index is 1.41. The normalized spacial score (nSPS) is 28.6. The van der Waals surface area contributed by atoms with Gasteiger partial charge in [0.1, 0.15) is 0 Å². The lowest BCUT2D eigenvalue weighted by Gasteiger charge is -2.38. The molecule has 4 rings (SSSR count). The summed E-state index contributed by atoms with van der Waals surface area (Å²) in [5.41, 5.74) is 1.39. The van der Waals surface area contributed by atoms with E-state index in [9.17, 15) is 4.79 Å². The quantitative estimate of drug-likeness (QED) is 0.788. The predicted molar refractivity (Wildman–Crippen MR) is 106 cm³/mol. The maximum absolute atomic E-state index is 12.7. The Kier molecular flexibility index (Phi) is 5.63. The average Bonchev–Trinajstić information content (AvgIpc) is 2.85. The van der Waals surface area contributed by atoms with Crippen LogP contribution in [0.3, 0.4) is 0 Å². The van der Waals surface area contributed by atoms with Crippen molar-refractivity contribution in [3.63, 3.8) is 0 Å². The van der Waals surface area contributed by atoms with Crippen LogP contribution in [-0.4, -0.2) is 40.9 Å². The van der Waals surface area contributed by atoms with Crippen LogP contribution in [0.5, 0.6) is 0 Å². The summed E-state index contributed by atoms with van der Waals surface area (Å²) in [6.07, 6.45) is 12.6. The van der Waals surface area contributed by atoms with Crippen LogP contribution in [-0.2, 0) is 11.3 Å². The van der Waals surface area contributed by atoms with E-state index in [1.54, 1.807) is 0 Å². The van der Waals surface area contributed by atoms with Crippen molar-refractivity contribution in [2.24, 2.45) is 5.92 Å². The summed E-state index contributed by atoms with van der Waals surface area (Å²) in [6.45, 7) is 4.49. The molecule has 1 aliphatic carbocycles. The molecule has 1 aromatic carbocycles. The van der Waals surface area contributed by atoms with Gasteiger partial charge in [0, 0.05) is 31.6 Å². The van der Waals surface area contributed by atoms with Crippen molar-refractivity contribution in [2.45, 2.75) is 76.3 Å². The first-order chi connectivity index (χ1) is 12.8. The third-order valence-electron chi connectivity index (χ3n) is 7.11. The highest BCUT2D eigenvalue weighted by molar-refractivity contribution is 5.79. The third kappa shape index (κ3) is 3.98. The molecule has 2 aliphatic heterocycles. The van der Waals surface area contributed by atoms with Gasteiger partial charge in [0.25, 0.3) is 0 Å². The van der Waals surface area contributed by atoms with Gasteiger partial charge >= 0.3 is 0 Å². The van der Waals surface area contributed by atoms with E-state index in [0.717, 1.165) is 31.7 Å². The second kappa shape index (κ2) is 8.12. The van der Waals surface area contributed by atoms with Crippen molar-refractivity contribution in [3.05, 3.63) is 35.9 Å². The van der Waals surface area contributed by atoms with Crippen molar-refractivity contribution in [1.29, 1.82) is 0 Å². The minimum atomic E-state index is 0.119. The fourth-order valence-corrected chi connectivity index (χ4v) is 5.57. The molecule has 1 atom stereocenters. The SMILES string of the molecule is O=C1CCC2(CCCN(CC3CCCCC3)CC2)N1Cc1ccccc1. The number of likely N-dealkylation sites (tertiary alicyclic amines) is 2. The van der Waals surface area contributed by atoms with E-state index in [1.807, 2.05) is 0 Å². The van der Waals surface area contributed by atoms with E-state index in [4.69, 9.17) is 0 Å². The average molecular weight is 355 g/mol. The second-order valence-electron chi connectivity index (χ2n) is 8.85. The zero-order valence-electron chi connectivity index (χ0n) is 16.2. The highest BCUT2D eigenvalue weighted by Gasteiger charge is 2.45. The highest BCUT2D eigenvalue weighted by atomic mass is 16.2. The first kappa shape index (κ1) is 18.0. The molecule has 1 unspecified atom stereocenters. The van der Waals surface area contributed by atoms with E-state index in [1.165, 1.54) is 70.1 Å². The van der Waals surface area contributed by atoms with Crippen LogP contribution in [0.25, 0.3) is 0 Å². The van der Waals surface area contributed by atoms with Crippen LogP contribution < -0.4 is 0 Å². The van der Waals surface area contributed by atoms with Gasteiger partial charge in [0.05, 0.1) is 0 Å². The molecule has 0 N–H and O–H groups in total. The van der Waals surface area contributed by atoms with Gasteiger partial charge in [-0.05, 0) is 56.6 Å². The molecule has 26 heavy (non-hydrogen) atoms. The molecule has 2 saturated heterocycles. The fraction of sp³-hybridized carbons (Fsp3) is 0.696. The van der Waals surface area contributed by atoms with Crippen molar-refractivity contribution in [2.75, 3.05) is 19.6 Å². The van der Waals surface area contributed by atoms with Gasteiger partial charge < -0.3 is 9.80 Å². The Morgan fingerprint density at radius 1 is 0.923 bits per heavy atom. The standard InChI is InChI=1S/C23H34N2O/c26-22-12-14-23(25(22)19-21-10-5-2-6-11-21)13-7-16-24(17-15-23)18-20-8-3-1-4-9-20/h2,5-6,10-11,20H,1,3-4,7-9,12-19H2. The summed E-state index contributed by atoms with van der Waals surface area (Å²) < 4.78 is 0. The van der Waals surface area contributed by atoms with Crippen LogP contribution in [0.1, 0.15) is 69.8 Å². The number of benzene rings is 1. The maximum atomic E-state index is 12.7. The Bertz CT molecular complexity index is 595. The van der Waals surface area contributed by atoms with Gasteiger partial charge in [0.15, 0.2) is 0 Å². The van der Waals surface area contributed by atoms with Crippen LogP contribution >= 0.6 is 0 Å².